The molecule has 1 aromatic carbocycles. The predicted molar refractivity (Wildman–Crippen MR) is 69.6 cm³/mol. The molecule has 0 bridgehead atoms. The maximum absolute atomic E-state index is 9.74. The minimum Gasteiger partial charge on any atom is -0.507 e. The summed E-state index contributed by atoms with van der Waals surface area (Å²) in [4.78, 5) is 4.41. The Balaban J connectivity index is 2.27. The van der Waals surface area contributed by atoms with Crippen molar-refractivity contribution in [3.05, 3.63) is 34.3 Å². The average Bonchev–Trinajstić information content (AvgIpc) is 2.78. The van der Waals surface area contributed by atoms with Gasteiger partial charge in [0.05, 0.1) is 11.3 Å². The normalized spacial score (nSPS) is 10.7. The Kier molecular flexibility index (Phi) is 3.99. The number of aromatic hydroxyl groups is 1. The number of aliphatic hydroxyl groups excluding tert-OH is 1. The molecular weight excluding hydrogens is 258 g/mol. The van der Waals surface area contributed by atoms with Crippen LogP contribution < -0.4 is 0 Å². The largest absolute Gasteiger partial charge is 0.507 e. The predicted octanol–water partition coefficient (Wildman–Crippen LogP) is 3.09. The Hall–Kier alpha value is -1.10. The van der Waals surface area contributed by atoms with Gasteiger partial charge in [-0.3, -0.25) is 0 Å². The third-order valence-corrected chi connectivity index (χ3v) is 3.49. The minimum absolute atomic E-state index is 0.162. The van der Waals surface area contributed by atoms with Crippen molar-refractivity contribution in [1.29, 1.82) is 0 Å². The van der Waals surface area contributed by atoms with Gasteiger partial charge in [0.15, 0.2) is 0 Å². The molecule has 0 saturated carbocycles. The second-order valence-electron chi connectivity index (χ2n) is 3.63. The fourth-order valence-electron chi connectivity index (χ4n) is 1.49. The summed E-state index contributed by atoms with van der Waals surface area (Å²) in [6.45, 7) is 0.162. The molecule has 0 fully saturated rings. The Morgan fingerprint density at radius 2 is 2.18 bits per heavy atom. The molecule has 2 aromatic rings. The fourth-order valence-corrected chi connectivity index (χ4v) is 2.54. The molecule has 0 unspecified atom stereocenters. The van der Waals surface area contributed by atoms with Crippen molar-refractivity contribution < 1.29 is 10.2 Å². The summed E-state index contributed by atoms with van der Waals surface area (Å²) in [5.74, 6) is 0.178. The van der Waals surface area contributed by atoms with E-state index in [0.717, 1.165) is 17.1 Å². The number of thiazole rings is 1. The molecule has 0 atom stereocenters. The summed E-state index contributed by atoms with van der Waals surface area (Å²) in [6.07, 6.45) is 1.44. The molecule has 1 aromatic heterocycles. The Labute approximate surface area is 108 Å². The molecule has 0 radical (unpaired) electrons. The number of phenolic OH excluding ortho intramolecular Hbond substituents is 1. The number of aliphatic hydroxyl groups is 1. The van der Waals surface area contributed by atoms with E-state index in [1.54, 1.807) is 18.2 Å². The number of rotatable bonds is 4. The molecule has 0 spiro atoms. The van der Waals surface area contributed by atoms with Crippen LogP contribution in [0.25, 0.3) is 10.6 Å². The van der Waals surface area contributed by atoms with Crippen molar-refractivity contribution in [3.8, 4) is 16.3 Å². The van der Waals surface area contributed by atoms with E-state index in [4.69, 9.17) is 16.7 Å². The maximum Gasteiger partial charge on any atom is 0.127 e. The van der Waals surface area contributed by atoms with Gasteiger partial charge in [0, 0.05) is 17.0 Å². The number of nitrogens with zero attached hydrogens (tertiary/aromatic N) is 1. The van der Waals surface area contributed by atoms with Gasteiger partial charge in [-0.2, -0.15) is 0 Å². The molecule has 17 heavy (non-hydrogen) atoms. The van der Waals surface area contributed by atoms with Crippen LogP contribution in [0.5, 0.6) is 5.75 Å². The molecular formula is C12H12ClNO2S. The number of benzene rings is 1. The summed E-state index contributed by atoms with van der Waals surface area (Å²) in [6, 6.07) is 4.90. The van der Waals surface area contributed by atoms with E-state index in [2.05, 4.69) is 4.98 Å². The van der Waals surface area contributed by atoms with Crippen LogP contribution in [-0.4, -0.2) is 21.8 Å². The van der Waals surface area contributed by atoms with Crippen LogP contribution in [0.15, 0.2) is 23.6 Å². The van der Waals surface area contributed by atoms with E-state index in [1.165, 1.54) is 11.3 Å². The van der Waals surface area contributed by atoms with Gasteiger partial charge in [-0.1, -0.05) is 11.6 Å². The van der Waals surface area contributed by atoms with Crippen molar-refractivity contribution in [1.82, 2.24) is 4.98 Å². The van der Waals surface area contributed by atoms with Gasteiger partial charge < -0.3 is 10.2 Å². The van der Waals surface area contributed by atoms with E-state index in [9.17, 15) is 5.11 Å². The SMILES string of the molecule is OCCCc1csc(-c2cc(Cl)ccc2O)n1. The highest BCUT2D eigenvalue weighted by molar-refractivity contribution is 7.13. The lowest BCUT2D eigenvalue weighted by Crippen LogP contribution is -1.89. The van der Waals surface area contributed by atoms with Crippen molar-refractivity contribution in [2.45, 2.75) is 12.8 Å². The zero-order valence-corrected chi connectivity index (χ0v) is 10.6. The quantitative estimate of drug-likeness (QED) is 0.897. The molecule has 5 heteroatoms. The third-order valence-electron chi connectivity index (χ3n) is 2.33. The molecule has 2 N–H and O–H groups in total. The number of aryl methyl sites for hydroxylation is 1. The van der Waals surface area contributed by atoms with Crippen LogP contribution in [0.2, 0.25) is 5.02 Å². The number of phenols is 1. The van der Waals surface area contributed by atoms with Crippen LogP contribution in [0, 0.1) is 0 Å². The van der Waals surface area contributed by atoms with Gasteiger partial charge in [0.2, 0.25) is 0 Å². The Morgan fingerprint density at radius 3 is 2.94 bits per heavy atom. The van der Waals surface area contributed by atoms with Crippen LogP contribution in [0.1, 0.15) is 12.1 Å². The lowest BCUT2D eigenvalue weighted by Gasteiger charge is -2.01. The molecule has 0 aliphatic carbocycles. The average molecular weight is 270 g/mol. The lowest BCUT2D eigenvalue weighted by molar-refractivity contribution is 0.288. The van der Waals surface area contributed by atoms with Crippen LogP contribution in [0.4, 0.5) is 0 Å². The number of aromatic nitrogens is 1. The molecule has 0 saturated heterocycles. The number of hydrogen-bond acceptors (Lipinski definition) is 4. The smallest absolute Gasteiger partial charge is 0.127 e. The summed E-state index contributed by atoms with van der Waals surface area (Å²) in [5.41, 5.74) is 1.58. The van der Waals surface area contributed by atoms with Crippen LogP contribution in [0.3, 0.4) is 0 Å². The summed E-state index contributed by atoms with van der Waals surface area (Å²) in [5, 5.41) is 21.7. The van der Waals surface area contributed by atoms with E-state index < -0.39 is 0 Å². The molecule has 3 nitrogen and oxygen atoms in total. The third kappa shape index (κ3) is 2.97. The van der Waals surface area contributed by atoms with Crippen molar-refractivity contribution in [2.75, 3.05) is 6.61 Å². The zero-order valence-electron chi connectivity index (χ0n) is 9.06. The standard InChI is InChI=1S/C12H12ClNO2S/c13-8-3-4-11(16)10(6-8)12-14-9(7-17-12)2-1-5-15/h3-4,6-7,15-16H,1-2,5H2. The first-order valence-electron chi connectivity index (χ1n) is 5.25. The monoisotopic (exact) mass is 269 g/mol. The molecule has 2 rings (SSSR count). The first-order chi connectivity index (χ1) is 8.20. The number of hydrogen-bond donors (Lipinski definition) is 2. The molecule has 0 amide bonds. The second-order valence-corrected chi connectivity index (χ2v) is 4.93. The van der Waals surface area contributed by atoms with E-state index in [-0.39, 0.29) is 12.4 Å². The van der Waals surface area contributed by atoms with Gasteiger partial charge in [0.25, 0.3) is 0 Å². The second kappa shape index (κ2) is 5.49. The first kappa shape index (κ1) is 12.4. The Morgan fingerprint density at radius 1 is 1.35 bits per heavy atom. The van der Waals surface area contributed by atoms with Crippen molar-refractivity contribution >= 4 is 22.9 Å². The molecule has 0 aliphatic rings. The summed E-state index contributed by atoms with van der Waals surface area (Å²) < 4.78 is 0. The van der Waals surface area contributed by atoms with Crippen molar-refractivity contribution in [2.24, 2.45) is 0 Å². The van der Waals surface area contributed by atoms with Gasteiger partial charge in [-0.25, -0.2) is 4.98 Å². The fraction of sp³-hybridized carbons (Fsp3) is 0.250. The molecule has 90 valence electrons. The highest BCUT2D eigenvalue weighted by Gasteiger charge is 2.09. The van der Waals surface area contributed by atoms with Gasteiger partial charge in [-0.05, 0) is 31.0 Å². The highest BCUT2D eigenvalue weighted by atomic mass is 35.5. The topological polar surface area (TPSA) is 53.4 Å². The van der Waals surface area contributed by atoms with Gasteiger partial charge >= 0.3 is 0 Å². The highest BCUT2D eigenvalue weighted by Crippen LogP contribution is 2.33. The van der Waals surface area contributed by atoms with Crippen LogP contribution in [-0.2, 0) is 6.42 Å². The molecule has 1 heterocycles. The van der Waals surface area contributed by atoms with Crippen molar-refractivity contribution in [3.63, 3.8) is 0 Å². The lowest BCUT2D eigenvalue weighted by atomic mass is 10.2. The number of halogens is 1. The summed E-state index contributed by atoms with van der Waals surface area (Å²) in [7, 11) is 0. The van der Waals surface area contributed by atoms with Gasteiger partial charge in [-0.15, -0.1) is 11.3 Å². The zero-order chi connectivity index (χ0) is 12.3. The summed E-state index contributed by atoms with van der Waals surface area (Å²) >= 11 is 7.35. The van der Waals surface area contributed by atoms with E-state index in [1.807, 2.05) is 5.38 Å². The maximum atomic E-state index is 9.74. The Bertz CT molecular complexity index is 513. The van der Waals surface area contributed by atoms with Crippen LogP contribution >= 0.6 is 22.9 Å². The van der Waals surface area contributed by atoms with Gasteiger partial charge in [0.1, 0.15) is 10.8 Å². The minimum atomic E-state index is 0.162. The van der Waals surface area contributed by atoms with E-state index >= 15 is 0 Å². The first-order valence-corrected chi connectivity index (χ1v) is 6.50. The molecule has 0 aliphatic heterocycles. The van der Waals surface area contributed by atoms with E-state index in [0.29, 0.717) is 17.0 Å².